The maximum atomic E-state index is 11.5. The number of nitrogens with zero attached hydrogens (tertiary/aromatic N) is 2. The lowest BCUT2D eigenvalue weighted by atomic mass is 10.1. The van der Waals surface area contributed by atoms with Crippen LogP contribution in [0, 0.1) is 6.92 Å². The van der Waals surface area contributed by atoms with Gasteiger partial charge < -0.3 is 10.1 Å². The molecule has 2 aromatic rings. The Hall–Kier alpha value is -1.95. The van der Waals surface area contributed by atoms with E-state index in [1.807, 2.05) is 19.1 Å². The largest absolute Gasteiger partial charge is 0.465 e. The number of ether oxygens (including phenoxy) is 1. The summed E-state index contributed by atoms with van der Waals surface area (Å²) in [4.78, 5) is 20.4. The molecule has 0 saturated carbocycles. The Bertz CT molecular complexity index is 569. The lowest BCUT2D eigenvalue weighted by Crippen LogP contribution is -2.06. The van der Waals surface area contributed by atoms with Crippen LogP contribution in [0.15, 0.2) is 24.5 Å². The van der Waals surface area contributed by atoms with Crippen molar-refractivity contribution in [2.75, 3.05) is 12.4 Å². The number of carbonyl (C=O) groups excluding carboxylic acids is 1. The van der Waals surface area contributed by atoms with Gasteiger partial charge in [0.05, 0.1) is 18.8 Å². The zero-order chi connectivity index (χ0) is 13.8. The number of carbonyl (C=O) groups is 1. The highest BCUT2D eigenvalue weighted by atomic mass is 32.1. The summed E-state index contributed by atoms with van der Waals surface area (Å²) in [6.45, 7) is 3.83. The summed E-state index contributed by atoms with van der Waals surface area (Å²) in [5, 5.41) is 3.98. The van der Waals surface area contributed by atoms with Gasteiger partial charge in [-0.2, -0.15) is 0 Å². The summed E-state index contributed by atoms with van der Waals surface area (Å²) in [6, 6.07) is 3.98. The highest BCUT2D eigenvalue weighted by Gasteiger charge is 2.16. The Morgan fingerprint density at radius 3 is 2.74 bits per heavy atom. The van der Waals surface area contributed by atoms with Crippen molar-refractivity contribution in [3.8, 4) is 0 Å². The number of nitrogens with one attached hydrogen (secondary N) is 1. The molecule has 1 N–H and O–H groups in total. The molecule has 1 atom stereocenters. The van der Waals surface area contributed by atoms with Gasteiger partial charge in [-0.1, -0.05) is 11.3 Å². The predicted molar refractivity (Wildman–Crippen MR) is 74.5 cm³/mol. The van der Waals surface area contributed by atoms with E-state index in [1.54, 1.807) is 19.3 Å². The third kappa shape index (κ3) is 3.08. The van der Waals surface area contributed by atoms with Crippen molar-refractivity contribution in [3.63, 3.8) is 0 Å². The smallest absolute Gasteiger partial charge is 0.350 e. The normalized spacial score (nSPS) is 11.9. The fourth-order valence-corrected chi connectivity index (χ4v) is 2.63. The van der Waals surface area contributed by atoms with Crippen LogP contribution in [-0.2, 0) is 4.74 Å². The first kappa shape index (κ1) is 13.5. The van der Waals surface area contributed by atoms with Gasteiger partial charge in [0.15, 0.2) is 5.13 Å². The maximum absolute atomic E-state index is 11.5. The summed E-state index contributed by atoms with van der Waals surface area (Å²) in [5.74, 6) is -0.348. The molecule has 0 amide bonds. The lowest BCUT2D eigenvalue weighted by molar-refractivity contribution is 0.0605. The summed E-state index contributed by atoms with van der Waals surface area (Å²) >= 11 is 1.30. The standard InChI is InChI=1S/C13H15N3O2S/c1-8(10-4-6-14-7-5-10)15-13-16-9(2)11(19-13)12(17)18-3/h4-8H,1-3H3,(H,15,16). The van der Waals surface area contributed by atoms with Crippen molar-refractivity contribution in [1.82, 2.24) is 9.97 Å². The molecule has 6 heteroatoms. The minimum absolute atomic E-state index is 0.0963. The van der Waals surface area contributed by atoms with Crippen molar-refractivity contribution in [1.29, 1.82) is 0 Å². The molecule has 100 valence electrons. The SMILES string of the molecule is COC(=O)c1sc(NC(C)c2ccncc2)nc1C. The molecule has 0 fully saturated rings. The van der Waals surface area contributed by atoms with Gasteiger partial charge in [0.1, 0.15) is 4.88 Å². The second-order valence-corrected chi connectivity index (χ2v) is 5.07. The van der Waals surface area contributed by atoms with E-state index in [4.69, 9.17) is 4.74 Å². The van der Waals surface area contributed by atoms with Crippen LogP contribution in [0.2, 0.25) is 0 Å². The number of esters is 1. The summed E-state index contributed by atoms with van der Waals surface area (Å²) in [7, 11) is 1.37. The predicted octanol–water partition coefficient (Wildman–Crippen LogP) is 2.81. The third-order valence-electron chi connectivity index (χ3n) is 2.71. The highest BCUT2D eigenvalue weighted by molar-refractivity contribution is 7.17. The molecule has 0 aromatic carbocycles. The number of anilines is 1. The van der Waals surface area contributed by atoms with E-state index in [0.29, 0.717) is 15.7 Å². The monoisotopic (exact) mass is 277 g/mol. The van der Waals surface area contributed by atoms with Gasteiger partial charge in [-0.05, 0) is 31.5 Å². The van der Waals surface area contributed by atoms with Crippen LogP contribution >= 0.6 is 11.3 Å². The van der Waals surface area contributed by atoms with Gasteiger partial charge in [-0.15, -0.1) is 0 Å². The number of aryl methyl sites for hydroxylation is 1. The molecule has 2 rings (SSSR count). The Morgan fingerprint density at radius 2 is 2.11 bits per heavy atom. The van der Waals surface area contributed by atoms with E-state index < -0.39 is 0 Å². The number of hydrogen-bond acceptors (Lipinski definition) is 6. The van der Waals surface area contributed by atoms with Gasteiger partial charge in [-0.3, -0.25) is 4.98 Å². The zero-order valence-corrected chi connectivity index (χ0v) is 11.8. The minimum atomic E-state index is -0.348. The second-order valence-electron chi connectivity index (χ2n) is 4.07. The minimum Gasteiger partial charge on any atom is -0.465 e. The van der Waals surface area contributed by atoms with E-state index in [1.165, 1.54) is 18.4 Å². The molecule has 0 bridgehead atoms. The fraction of sp³-hybridized carbons (Fsp3) is 0.308. The van der Waals surface area contributed by atoms with Crippen LogP contribution < -0.4 is 5.32 Å². The number of pyridine rings is 1. The molecule has 5 nitrogen and oxygen atoms in total. The number of thiazole rings is 1. The summed E-state index contributed by atoms with van der Waals surface area (Å²) in [6.07, 6.45) is 3.50. The first-order valence-corrected chi connectivity index (χ1v) is 6.65. The van der Waals surface area contributed by atoms with Crippen molar-refractivity contribution in [3.05, 3.63) is 40.7 Å². The Balaban J connectivity index is 2.14. The topological polar surface area (TPSA) is 64.1 Å². The Morgan fingerprint density at radius 1 is 1.42 bits per heavy atom. The number of aromatic nitrogens is 2. The molecule has 0 saturated heterocycles. The fourth-order valence-electron chi connectivity index (χ4n) is 1.66. The van der Waals surface area contributed by atoms with Crippen molar-refractivity contribution < 1.29 is 9.53 Å². The van der Waals surface area contributed by atoms with Crippen LogP contribution in [-0.4, -0.2) is 23.0 Å². The highest BCUT2D eigenvalue weighted by Crippen LogP contribution is 2.26. The van der Waals surface area contributed by atoms with Gasteiger partial charge >= 0.3 is 5.97 Å². The van der Waals surface area contributed by atoms with Crippen LogP contribution in [0.1, 0.15) is 33.9 Å². The summed E-state index contributed by atoms with van der Waals surface area (Å²) < 4.78 is 4.72. The van der Waals surface area contributed by atoms with Crippen LogP contribution in [0.4, 0.5) is 5.13 Å². The van der Waals surface area contributed by atoms with E-state index in [9.17, 15) is 4.79 Å². The average Bonchev–Trinajstić information content (AvgIpc) is 2.79. The zero-order valence-electron chi connectivity index (χ0n) is 11.0. The first-order chi connectivity index (χ1) is 9.11. The average molecular weight is 277 g/mol. The van der Waals surface area contributed by atoms with Crippen molar-refractivity contribution >= 4 is 22.4 Å². The number of hydrogen-bond donors (Lipinski definition) is 1. The van der Waals surface area contributed by atoms with E-state index in [2.05, 4.69) is 15.3 Å². The number of methoxy groups -OCH3 is 1. The van der Waals surface area contributed by atoms with Crippen LogP contribution in [0.25, 0.3) is 0 Å². The van der Waals surface area contributed by atoms with Gasteiger partial charge in [0.2, 0.25) is 0 Å². The van der Waals surface area contributed by atoms with E-state index >= 15 is 0 Å². The van der Waals surface area contributed by atoms with Gasteiger partial charge in [0.25, 0.3) is 0 Å². The van der Waals surface area contributed by atoms with Gasteiger partial charge in [-0.25, -0.2) is 9.78 Å². The molecule has 19 heavy (non-hydrogen) atoms. The lowest BCUT2D eigenvalue weighted by Gasteiger charge is -2.12. The molecule has 0 aliphatic rings. The Labute approximate surface area is 115 Å². The second kappa shape index (κ2) is 5.79. The summed E-state index contributed by atoms with van der Waals surface area (Å²) in [5.41, 5.74) is 1.80. The Kier molecular flexibility index (Phi) is 4.11. The maximum Gasteiger partial charge on any atom is 0.350 e. The molecule has 2 heterocycles. The molecule has 0 radical (unpaired) electrons. The van der Waals surface area contributed by atoms with E-state index in [-0.39, 0.29) is 12.0 Å². The molecular weight excluding hydrogens is 262 g/mol. The van der Waals surface area contributed by atoms with Crippen molar-refractivity contribution in [2.24, 2.45) is 0 Å². The molecular formula is C13H15N3O2S. The van der Waals surface area contributed by atoms with Crippen LogP contribution in [0.3, 0.4) is 0 Å². The molecule has 1 unspecified atom stereocenters. The molecule has 0 aliphatic carbocycles. The van der Waals surface area contributed by atoms with Crippen LogP contribution in [0.5, 0.6) is 0 Å². The third-order valence-corrected chi connectivity index (χ3v) is 3.78. The van der Waals surface area contributed by atoms with Crippen molar-refractivity contribution in [2.45, 2.75) is 19.9 Å². The molecule has 2 aromatic heterocycles. The number of rotatable bonds is 4. The van der Waals surface area contributed by atoms with Gasteiger partial charge in [0, 0.05) is 12.4 Å². The molecule has 0 aliphatic heterocycles. The van der Waals surface area contributed by atoms with E-state index in [0.717, 1.165) is 5.56 Å². The molecule has 0 spiro atoms. The first-order valence-electron chi connectivity index (χ1n) is 5.84. The quantitative estimate of drug-likeness (QED) is 0.871.